The lowest BCUT2D eigenvalue weighted by atomic mass is 10.0. The zero-order valence-corrected chi connectivity index (χ0v) is 14.2. The Hall–Kier alpha value is -3.08. The van der Waals surface area contributed by atoms with E-state index in [-0.39, 0.29) is 18.3 Å². The largest absolute Gasteiger partial charge is 0.358 e. The van der Waals surface area contributed by atoms with Crippen LogP contribution in [0.25, 0.3) is 21.8 Å². The van der Waals surface area contributed by atoms with E-state index in [2.05, 4.69) is 17.1 Å². The minimum Gasteiger partial charge on any atom is -0.358 e. The molecule has 1 aliphatic heterocycles. The van der Waals surface area contributed by atoms with Crippen LogP contribution in [0.4, 0.5) is 4.39 Å². The van der Waals surface area contributed by atoms with Crippen molar-refractivity contribution in [2.45, 2.75) is 19.5 Å². The quantitative estimate of drug-likeness (QED) is 0.588. The molecule has 1 aliphatic rings. The van der Waals surface area contributed by atoms with Gasteiger partial charge in [-0.05, 0) is 35.7 Å². The number of rotatable bonds is 2. The van der Waals surface area contributed by atoms with Gasteiger partial charge in [0.05, 0.1) is 5.52 Å². The molecule has 0 atom stereocenters. The molecule has 2 aromatic heterocycles. The normalized spacial score (nSPS) is 14.1. The second-order valence-electron chi connectivity index (χ2n) is 6.84. The predicted molar refractivity (Wildman–Crippen MR) is 99.3 cm³/mol. The lowest BCUT2D eigenvalue weighted by molar-refractivity contribution is -0.132. The molecular weight excluding hydrogens is 329 g/mol. The summed E-state index contributed by atoms with van der Waals surface area (Å²) in [5.41, 5.74) is 4.31. The van der Waals surface area contributed by atoms with Gasteiger partial charge in [0.15, 0.2) is 0 Å². The Labute approximate surface area is 149 Å². The third kappa shape index (κ3) is 2.39. The fourth-order valence-corrected chi connectivity index (χ4v) is 3.92. The first-order valence-electron chi connectivity index (χ1n) is 8.80. The SMILES string of the molecule is O=C(Cn1ccc2ccc(F)cc21)N1CCc2[nH]c3ccccc3c2C1. The number of halogens is 1. The second-order valence-corrected chi connectivity index (χ2v) is 6.84. The Morgan fingerprint density at radius 3 is 2.96 bits per heavy atom. The van der Waals surface area contributed by atoms with Crippen molar-refractivity contribution in [3.05, 3.63) is 71.8 Å². The van der Waals surface area contributed by atoms with Gasteiger partial charge in [0.1, 0.15) is 12.4 Å². The Balaban J connectivity index is 1.42. The summed E-state index contributed by atoms with van der Waals surface area (Å²) >= 11 is 0. The highest BCUT2D eigenvalue weighted by Gasteiger charge is 2.24. The highest BCUT2D eigenvalue weighted by Crippen LogP contribution is 2.28. The number of aromatic nitrogens is 2. The molecule has 0 bridgehead atoms. The molecule has 3 heterocycles. The smallest absolute Gasteiger partial charge is 0.242 e. The van der Waals surface area contributed by atoms with E-state index >= 15 is 0 Å². The predicted octanol–water partition coefficient (Wildman–Crippen LogP) is 3.85. The van der Waals surface area contributed by atoms with E-state index in [4.69, 9.17) is 0 Å². The molecule has 5 heteroatoms. The van der Waals surface area contributed by atoms with E-state index in [1.165, 1.54) is 28.8 Å². The molecule has 1 N–H and O–H groups in total. The van der Waals surface area contributed by atoms with Crippen LogP contribution in [0.15, 0.2) is 54.7 Å². The molecule has 1 amide bonds. The van der Waals surface area contributed by atoms with E-state index in [9.17, 15) is 9.18 Å². The molecule has 0 spiro atoms. The van der Waals surface area contributed by atoms with Crippen molar-refractivity contribution in [3.8, 4) is 0 Å². The minimum atomic E-state index is -0.286. The number of H-pyrrole nitrogens is 1. The van der Waals surface area contributed by atoms with Crippen LogP contribution in [-0.4, -0.2) is 26.9 Å². The van der Waals surface area contributed by atoms with Crippen molar-refractivity contribution in [3.63, 3.8) is 0 Å². The maximum atomic E-state index is 13.6. The fraction of sp³-hybridized carbons (Fsp3) is 0.190. The number of carbonyl (C=O) groups excluding carboxylic acids is 1. The molecule has 0 saturated carbocycles. The van der Waals surface area contributed by atoms with Crippen LogP contribution in [0.1, 0.15) is 11.3 Å². The molecule has 4 aromatic rings. The molecule has 4 nitrogen and oxygen atoms in total. The van der Waals surface area contributed by atoms with Crippen LogP contribution in [0.3, 0.4) is 0 Å². The summed E-state index contributed by atoms with van der Waals surface area (Å²) in [6.45, 7) is 1.54. The van der Waals surface area contributed by atoms with Gasteiger partial charge in [-0.2, -0.15) is 0 Å². The van der Waals surface area contributed by atoms with Crippen LogP contribution in [0.5, 0.6) is 0 Å². The van der Waals surface area contributed by atoms with Crippen molar-refractivity contribution < 1.29 is 9.18 Å². The van der Waals surface area contributed by atoms with Crippen LogP contribution in [0, 0.1) is 5.82 Å². The molecule has 0 radical (unpaired) electrons. The van der Waals surface area contributed by atoms with Crippen LogP contribution >= 0.6 is 0 Å². The molecule has 2 aromatic carbocycles. The van der Waals surface area contributed by atoms with Gasteiger partial charge in [-0.25, -0.2) is 4.39 Å². The van der Waals surface area contributed by atoms with Gasteiger partial charge in [-0.15, -0.1) is 0 Å². The molecule has 130 valence electrons. The zero-order valence-electron chi connectivity index (χ0n) is 14.2. The lowest BCUT2D eigenvalue weighted by Gasteiger charge is -2.27. The first-order chi connectivity index (χ1) is 12.7. The molecule has 0 fully saturated rings. The van der Waals surface area contributed by atoms with Crippen molar-refractivity contribution in [1.82, 2.24) is 14.5 Å². The van der Waals surface area contributed by atoms with Gasteiger partial charge >= 0.3 is 0 Å². The van der Waals surface area contributed by atoms with Gasteiger partial charge in [0.25, 0.3) is 0 Å². The van der Waals surface area contributed by atoms with E-state index in [1.807, 2.05) is 33.9 Å². The van der Waals surface area contributed by atoms with Gasteiger partial charge in [0.2, 0.25) is 5.91 Å². The molecular formula is C21H18FN3O. The molecule has 0 unspecified atom stereocenters. The van der Waals surface area contributed by atoms with E-state index in [0.717, 1.165) is 22.8 Å². The summed E-state index contributed by atoms with van der Waals surface area (Å²) in [6.07, 6.45) is 2.68. The summed E-state index contributed by atoms with van der Waals surface area (Å²) in [5.74, 6) is -0.228. The van der Waals surface area contributed by atoms with Crippen LogP contribution in [-0.2, 0) is 24.3 Å². The number of hydrogen-bond acceptors (Lipinski definition) is 1. The van der Waals surface area contributed by atoms with Crippen molar-refractivity contribution in [2.75, 3.05) is 6.54 Å². The zero-order chi connectivity index (χ0) is 17.7. The Bertz CT molecular complexity index is 1140. The number of nitrogens with one attached hydrogen (secondary N) is 1. The monoisotopic (exact) mass is 347 g/mol. The molecule has 26 heavy (non-hydrogen) atoms. The van der Waals surface area contributed by atoms with Gasteiger partial charge in [-0.1, -0.05) is 18.2 Å². The average Bonchev–Trinajstić information content (AvgIpc) is 3.22. The average molecular weight is 347 g/mol. The first-order valence-corrected chi connectivity index (χ1v) is 8.80. The highest BCUT2D eigenvalue weighted by atomic mass is 19.1. The summed E-state index contributed by atoms with van der Waals surface area (Å²) in [6, 6.07) is 14.8. The summed E-state index contributed by atoms with van der Waals surface area (Å²) in [5, 5.41) is 2.13. The van der Waals surface area contributed by atoms with Crippen LogP contribution in [0.2, 0.25) is 0 Å². The van der Waals surface area contributed by atoms with Crippen LogP contribution < -0.4 is 0 Å². The third-order valence-corrected chi connectivity index (χ3v) is 5.28. The number of hydrogen-bond donors (Lipinski definition) is 1. The van der Waals surface area contributed by atoms with Gasteiger partial charge in [-0.3, -0.25) is 4.79 Å². The minimum absolute atomic E-state index is 0.0580. The Morgan fingerprint density at radius 1 is 1.15 bits per heavy atom. The summed E-state index contributed by atoms with van der Waals surface area (Å²) in [7, 11) is 0. The van der Waals surface area contributed by atoms with E-state index in [1.54, 1.807) is 6.07 Å². The number of fused-ring (bicyclic) bond motifs is 4. The summed E-state index contributed by atoms with van der Waals surface area (Å²) in [4.78, 5) is 18.2. The van der Waals surface area contributed by atoms with Crippen molar-refractivity contribution in [2.24, 2.45) is 0 Å². The van der Waals surface area contributed by atoms with E-state index < -0.39 is 0 Å². The standard InChI is InChI=1S/C21H18FN3O/c22-15-6-5-14-7-9-24(20(14)11-15)13-21(26)25-10-8-19-17(12-25)16-3-1-2-4-18(16)23-19/h1-7,9,11,23H,8,10,12-13H2. The number of nitrogens with zero attached hydrogens (tertiary/aromatic N) is 2. The third-order valence-electron chi connectivity index (χ3n) is 5.28. The fourth-order valence-electron chi connectivity index (χ4n) is 3.92. The second kappa shape index (κ2) is 5.73. The Kier molecular flexibility index (Phi) is 3.35. The molecule has 0 aliphatic carbocycles. The Morgan fingerprint density at radius 2 is 2.04 bits per heavy atom. The topological polar surface area (TPSA) is 41.0 Å². The maximum Gasteiger partial charge on any atom is 0.242 e. The van der Waals surface area contributed by atoms with Crippen molar-refractivity contribution >= 4 is 27.7 Å². The number of aromatic amines is 1. The van der Waals surface area contributed by atoms with Crippen molar-refractivity contribution in [1.29, 1.82) is 0 Å². The number of para-hydroxylation sites is 1. The van der Waals surface area contributed by atoms with Gasteiger partial charge in [0, 0.05) is 47.9 Å². The summed E-state index contributed by atoms with van der Waals surface area (Å²) < 4.78 is 15.4. The number of benzene rings is 2. The molecule has 5 rings (SSSR count). The van der Waals surface area contributed by atoms with Gasteiger partial charge < -0.3 is 14.5 Å². The maximum absolute atomic E-state index is 13.6. The lowest BCUT2D eigenvalue weighted by Crippen LogP contribution is -2.37. The number of amides is 1. The molecule has 0 saturated heterocycles. The number of carbonyl (C=O) groups is 1. The van der Waals surface area contributed by atoms with E-state index in [0.29, 0.717) is 13.1 Å². The highest BCUT2D eigenvalue weighted by molar-refractivity contribution is 5.87. The first kappa shape index (κ1) is 15.2.